The third-order valence-corrected chi connectivity index (χ3v) is 2.93. The summed E-state index contributed by atoms with van der Waals surface area (Å²) in [6.07, 6.45) is 0. The molecule has 2 nitrogen and oxygen atoms in total. The molecule has 5 heteroatoms. The van der Waals surface area contributed by atoms with Gasteiger partial charge < -0.3 is 10.1 Å². The van der Waals surface area contributed by atoms with Crippen LogP contribution in [0.15, 0.2) is 36.4 Å². The molecule has 2 aromatic carbocycles. The van der Waals surface area contributed by atoms with Crippen molar-refractivity contribution in [2.24, 2.45) is 0 Å². The van der Waals surface area contributed by atoms with E-state index >= 15 is 0 Å². The minimum Gasteiger partial charge on any atom is -0.495 e. The van der Waals surface area contributed by atoms with Crippen molar-refractivity contribution in [3.8, 4) is 5.75 Å². The molecule has 100 valence electrons. The Bertz CT molecular complexity index is 590. The van der Waals surface area contributed by atoms with Crippen LogP contribution in [0.3, 0.4) is 0 Å². The summed E-state index contributed by atoms with van der Waals surface area (Å²) >= 11 is 5.99. The van der Waals surface area contributed by atoms with E-state index in [0.717, 1.165) is 11.6 Å². The Hall–Kier alpha value is -1.81. The first-order valence-electron chi connectivity index (χ1n) is 5.61. The van der Waals surface area contributed by atoms with Gasteiger partial charge in [-0.05, 0) is 29.8 Å². The third-order valence-electron chi connectivity index (χ3n) is 2.63. The van der Waals surface area contributed by atoms with E-state index in [2.05, 4.69) is 5.32 Å². The van der Waals surface area contributed by atoms with Gasteiger partial charge in [-0.25, -0.2) is 8.78 Å². The average molecular weight is 284 g/mol. The zero-order valence-corrected chi connectivity index (χ0v) is 11.0. The Kier molecular flexibility index (Phi) is 4.22. The first-order valence-corrected chi connectivity index (χ1v) is 5.99. The molecule has 0 atom stereocenters. The van der Waals surface area contributed by atoms with Gasteiger partial charge in [0.1, 0.15) is 17.4 Å². The van der Waals surface area contributed by atoms with E-state index in [1.165, 1.54) is 19.2 Å². The summed E-state index contributed by atoms with van der Waals surface area (Å²) in [5.41, 5.74) is 1.11. The van der Waals surface area contributed by atoms with E-state index in [1.54, 1.807) is 12.1 Å². The van der Waals surface area contributed by atoms with E-state index in [1.807, 2.05) is 6.07 Å². The highest BCUT2D eigenvalue weighted by Crippen LogP contribution is 2.25. The van der Waals surface area contributed by atoms with E-state index in [9.17, 15) is 8.78 Å². The molecule has 0 amide bonds. The maximum Gasteiger partial charge on any atom is 0.149 e. The van der Waals surface area contributed by atoms with Crippen LogP contribution in [0.1, 0.15) is 5.56 Å². The number of anilines is 1. The van der Waals surface area contributed by atoms with E-state index < -0.39 is 11.6 Å². The fourth-order valence-corrected chi connectivity index (χ4v) is 1.93. The van der Waals surface area contributed by atoms with Crippen molar-refractivity contribution in [1.82, 2.24) is 0 Å². The summed E-state index contributed by atoms with van der Waals surface area (Å²) < 4.78 is 31.2. The van der Waals surface area contributed by atoms with E-state index in [4.69, 9.17) is 16.3 Å². The van der Waals surface area contributed by atoms with Crippen LogP contribution >= 0.6 is 11.6 Å². The molecule has 0 aromatic heterocycles. The quantitative estimate of drug-likeness (QED) is 0.906. The number of rotatable bonds is 4. The number of methoxy groups -OCH3 is 1. The lowest BCUT2D eigenvalue weighted by Gasteiger charge is -2.09. The number of hydrogen-bond acceptors (Lipinski definition) is 2. The maximum absolute atomic E-state index is 13.4. The van der Waals surface area contributed by atoms with Gasteiger partial charge in [0.05, 0.1) is 17.8 Å². The Labute approximate surface area is 115 Å². The minimum atomic E-state index is -0.625. The summed E-state index contributed by atoms with van der Waals surface area (Å²) in [7, 11) is 1.53. The van der Waals surface area contributed by atoms with Crippen LogP contribution in [0, 0.1) is 11.6 Å². The van der Waals surface area contributed by atoms with Crippen molar-refractivity contribution in [2.75, 3.05) is 12.4 Å². The van der Waals surface area contributed by atoms with Crippen LogP contribution in [0.4, 0.5) is 14.5 Å². The van der Waals surface area contributed by atoms with Crippen LogP contribution in [0.25, 0.3) is 0 Å². The molecule has 0 aliphatic carbocycles. The highest BCUT2D eigenvalue weighted by molar-refractivity contribution is 6.32. The molecule has 0 aliphatic rings. The fourth-order valence-electron chi connectivity index (χ4n) is 1.65. The first-order chi connectivity index (χ1) is 9.10. The lowest BCUT2D eigenvalue weighted by Crippen LogP contribution is -2.02. The molecule has 0 saturated carbocycles. The molecule has 19 heavy (non-hydrogen) atoms. The topological polar surface area (TPSA) is 21.3 Å². The maximum atomic E-state index is 13.4. The monoisotopic (exact) mass is 283 g/mol. The summed E-state index contributed by atoms with van der Waals surface area (Å²) in [5.74, 6) is -0.645. The number of ether oxygens (including phenoxy) is 1. The van der Waals surface area contributed by atoms with Crippen molar-refractivity contribution in [2.45, 2.75) is 6.54 Å². The molecular weight excluding hydrogens is 272 g/mol. The van der Waals surface area contributed by atoms with Gasteiger partial charge in [-0.3, -0.25) is 0 Å². The Morgan fingerprint density at radius 1 is 1.16 bits per heavy atom. The van der Waals surface area contributed by atoms with E-state index in [0.29, 0.717) is 17.3 Å². The van der Waals surface area contributed by atoms with Gasteiger partial charge in [0.2, 0.25) is 0 Å². The number of nitrogens with one attached hydrogen (secondary N) is 1. The van der Waals surface area contributed by atoms with Crippen molar-refractivity contribution in [3.63, 3.8) is 0 Å². The number of halogens is 3. The van der Waals surface area contributed by atoms with Gasteiger partial charge in [0.15, 0.2) is 0 Å². The summed E-state index contributed by atoms with van der Waals surface area (Å²) in [6.45, 7) is 0.381. The zero-order valence-electron chi connectivity index (χ0n) is 10.2. The highest BCUT2D eigenvalue weighted by atomic mass is 35.5. The second-order valence-corrected chi connectivity index (χ2v) is 4.35. The van der Waals surface area contributed by atoms with E-state index in [-0.39, 0.29) is 5.69 Å². The largest absolute Gasteiger partial charge is 0.495 e. The van der Waals surface area contributed by atoms with Crippen molar-refractivity contribution in [1.29, 1.82) is 0 Å². The minimum absolute atomic E-state index is 0.244. The zero-order chi connectivity index (χ0) is 13.8. The van der Waals surface area contributed by atoms with Gasteiger partial charge in [-0.15, -0.1) is 0 Å². The predicted molar refractivity (Wildman–Crippen MR) is 71.7 cm³/mol. The molecule has 0 saturated heterocycles. The van der Waals surface area contributed by atoms with Gasteiger partial charge in [0, 0.05) is 12.6 Å². The molecule has 0 aliphatic heterocycles. The molecule has 0 bridgehead atoms. The van der Waals surface area contributed by atoms with Gasteiger partial charge in [0.25, 0.3) is 0 Å². The predicted octanol–water partition coefficient (Wildman–Crippen LogP) is 4.24. The van der Waals surface area contributed by atoms with Crippen LogP contribution in [-0.4, -0.2) is 7.11 Å². The smallest absolute Gasteiger partial charge is 0.149 e. The molecular formula is C14H12ClF2NO. The standard InChI is InChI=1S/C14H12ClF2NO/c1-19-14-5-2-9(6-11(14)15)8-18-13-4-3-10(16)7-12(13)17/h2-7,18H,8H2,1H3. The highest BCUT2D eigenvalue weighted by Gasteiger charge is 2.05. The second kappa shape index (κ2) is 5.89. The average Bonchev–Trinajstić information content (AvgIpc) is 2.38. The molecule has 0 spiro atoms. The molecule has 1 N–H and O–H groups in total. The Morgan fingerprint density at radius 3 is 2.58 bits per heavy atom. The first kappa shape index (κ1) is 13.6. The molecule has 0 radical (unpaired) electrons. The normalized spacial score (nSPS) is 10.3. The molecule has 2 rings (SSSR count). The lowest BCUT2D eigenvalue weighted by molar-refractivity contribution is 0.415. The number of hydrogen-bond donors (Lipinski definition) is 1. The van der Waals surface area contributed by atoms with Crippen LogP contribution in [-0.2, 0) is 6.54 Å². The lowest BCUT2D eigenvalue weighted by atomic mass is 10.2. The molecule has 2 aromatic rings. The Balaban J connectivity index is 2.08. The summed E-state index contributed by atoms with van der Waals surface area (Å²) in [6, 6.07) is 8.68. The second-order valence-electron chi connectivity index (χ2n) is 3.95. The van der Waals surface area contributed by atoms with Crippen LogP contribution < -0.4 is 10.1 Å². The molecule has 0 heterocycles. The van der Waals surface area contributed by atoms with Crippen LogP contribution in [0.2, 0.25) is 5.02 Å². The molecule has 0 unspecified atom stereocenters. The van der Waals surface area contributed by atoms with Gasteiger partial charge in [-0.1, -0.05) is 17.7 Å². The molecule has 0 fully saturated rings. The van der Waals surface area contributed by atoms with Crippen molar-refractivity contribution in [3.05, 3.63) is 58.6 Å². The van der Waals surface area contributed by atoms with Crippen molar-refractivity contribution >= 4 is 17.3 Å². The fraction of sp³-hybridized carbons (Fsp3) is 0.143. The summed E-state index contributed by atoms with van der Waals surface area (Å²) in [5, 5.41) is 3.37. The van der Waals surface area contributed by atoms with Crippen molar-refractivity contribution < 1.29 is 13.5 Å². The summed E-state index contributed by atoms with van der Waals surface area (Å²) in [4.78, 5) is 0. The number of benzene rings is 2. The van der Waals surface area contributed by atoms with Gasteiger partial charge >= 0.3 is 0 Å². The third kappa shape index (κ3) is 3.35. The SMILES string of the molecule is COc1ccc(CNc2ccc(F)cc2F)cc1Cl. The van der Waals surface area contributed by atoms with Gasteiger partial charge in [-0.2, -0.15) is 0 Å². The Morgan fingerprint density at radius 2 is 1.95 bits per heavy atom. The van der Waals surface area contributed by atoms with Crippen LogP contribution in [0.5, 0.6) is 5.75 Å².